The van der Waals surface area contributed by atoms with Gasteiger partial charge in [-0.25, -0.2) is 13.4 Å². The first kappa shape index (κ1) is 15.5. The molecule has 2 aromatic rings. The lowest BCUT2D eigenvalue weighted by atomic mass is 10.1. The Morgan fingerprint density at radius 1 is 1.24 bits per heavy atom. The van der Waals surface area contributed by atoms with E-state index >= 15 is 0 Å². The predicted octanol–water partition coefficient (Wildman–Crippen LogP) is 2.35. The van der Waals surface area contributed by atoms with Crippen LogP contribution in [0.15, 0.2) is 53.6 Å². The second kappa shape index (κ2) is 6.24. The molecule has 5 nitrogen and oxygen atoms in total. The van der Waals surface area contributed by atoms with Crippen LogP contribution in [0.4, 0.5) is 5.82 Å². The minimum Gasteiger partial charge on any atom is -0.388 e. The number of rotatable bonds is 5. The summed E-state index contributed by atoms with van der Waals surface area (Å²) in [5, 5.41) is 9.85. The minimum absolute atomic E-state index is 0.139. The fourth-order valence-corrected chi connectivity index (χ4v) is 3.15. The maximum atomic E-state index is 12.6. The van der Waals surface area contributed by atoms with E-state index in [1.807, 2.05) is 6.92 Å². The molecule has 2 rings (SSSR count). The Balaban J connectivity index is 2.40. The van der Waals surface area contributed by atoms with E-state index in [1.165, 1.54) is 19.2 Å². The Hall–Kier alpha value is -1.92. The van der Waals surface area contributed by atoms with Gasteiger partial charge in [0.05, 0.1) is 11.0 Å². The van der Waals surface area contributed by atoms with Crippen molar-refractivity contribution < 1.29 is 13.5 Å². The first-order valence-electron chi connectivity index (χ1n) is 6.64. The molecule has 1 aromatic heterocycles. The van der Waals surface area contributed by atoms with Gasteiger partial charge in [-0.2, -0.15) is 0 Å². The van der Waals surface area contributed by atoms with Crippen LogP contribution in [0.5, 0.6) is 0 Å². The third-order valence-corrected chi connectivity index (χ3v) is 5.02. The van der Waals surface area contributed by atoms with Gasteiger partial charge in [0.15, 0.2) is 0 Å². The average Bonchev–Trinajstić information content (AvgIpc) is 2.54. The second-order valence-corrected chi connectivity index (χ2v) is 6.63. The molecule has 1 aromatic carbocycles. The Kier molecular flexibility index (Phi) is 4.59. The van der Waals surface area contributed by atoms with Crippen LogP contribution in [0.3, 0.4) is 0 Å². The first-order chi connectivity index (χ1) is 9.96. The molecule has 0 aliphatic heterocycles. The SMILES string of the molecule is CCC(O)c1cccc(S(=O)(=O)N(C)c2ccccn2)c1. The summed E-state index contributed by atoms with van der Waals surface area (Å²) in [7, 11) is -2.24. The largest absolute Gasteiger partial charge is 0.388 e. The van der Waals surface area contributed by atoms with Crippen LogP contribution in [0.1, 0.15) is 25.0 Å². The van der Waals surface area contributed by atoms with Crippen molar-refractivity contribution in [2.45, 2.75) is 24.3 Å². The molecule has 0 saturated carbocycles. The number of aliphatic hydroxyl groups excluding tert-OH is 1. The van der Waals surface area contributed by atoms with Gasteiger partial charge in [0.1, 0.15) is 5.82 Å². The van der Waals surface area contributed by atoms with Gasteiger partial charge in [-0.3, -0.25) is 4.31 Å². The number of benzene rings is 1. The molecule has 1 atom stereocenters. The van der Waals surface area contributed by atoms with E-state index in [0.29, 0.717) is 17.8 Å². The Morgan fingerprint density at radius 3 is 2.62 bits per heavy atom. The van der Waals surface area contributed by atoms with Crippen LogP contribution in [-0.2, 0) is 10.0 Å². The molecular formula is C15H18N2O3S. The molecule has 0 amide bonds. The second-order valence-electron chi connectivity index (χ2n) is 4.66. The van der Waals surface area contributed by atoms with E-state index in [-0.39, 0.29) is 4.90 Å². The molecule has 0 aliphatic carbocycles. The lowest BCUT2D eigenvalue weighted by Crippen LogP contribution is -2.27. The van der Waals surface area contributed by atoms with E-state index < -0.39 is 16.1 Å². The molecule has 21 heavy (non-hydrogen) atoms. The molecule has 0 aliphatic rings. The monoisotopic (exact) mass is 306 g/mol. The lowest BCUT2D eigenvalue weighted by Gasteiger charge is -2.19. The Labute approximate surface area is 124 Å². The number of aliphatic hydroxyl groups is 1. The molecule has 0 saturated heterocycles. The van der Waals surface area contributed by atoms with Crippen LogP contribution >= 0.6 is 0 Å². The number of sulfonamides is 1. The number of pyridine rings is 1. The summed E-state index contributed by atoms with van der Waals surface area (Å²) < 4.78 is 26.3. The third kappa shape index (κ3) is 3.22. The number of hydrogen-bond donors (Lipinski definition) is 1. The number of nitrogens with zero attached hydrogens (tertiary/aromatic N) is 2. The topological polar surface area (TPSA) is 70.5 Å². The molecule has 6 heteroatoms. The van der Waals surface area contributed by atoms with Crippen LogP contribution in [0.25, 0.3) is 0 Å². The summed E-state index contributed by atoms with van der Waals surface area (Å²) in [6.45, 7) is 1.84. The van der Waals surface area contributed by atoms with Gasteiger partial charge < -0.3 is 5.11 Å². The highest BCUT2D eigenvalue weighted by Crippen LogP contribution is 2.23. The molecule has 1 heterocycles. The molecule has 112 valence electrons. The average molecular weight is 306 g/mol. The fourth-order valence-electron chi connectivity index (χ4n) is 1.94. The fraction of sp³-hybridized carbons (Fsp3) is 0.267. The zero-order chi connectivity index (χ0) is 15.5. The molecule has 1 N–H and O–H groups in total. The van der Waals surface area contributed by atoms with E-state index in [0.717, 1.165) is 4.31 Å². The maximum Gasteiger partial charge on any atom is 0.265 e. The van der Waals surface area contributed by atoms with Gasteiger partial charge in [0.25, 0.3) is 10.0 Å². The molecule has 0 radical (unpaired) electrons. The van der Waals surface area contributed by atoms with Crippen LogP contribution in [0, 0.1) is 0 Å². The Morgan fingerprint density at radius 2 is 2.00 bits per heavy atom. The number of anilines is 1. The molecule has 0 spiro atoms. The van der Waals surface area contributed by atoms with Crippen molar-refractivity contribution in [1.82, 2.24) is 4.98 Å². The smallest absolute Gasteiger partial charge is 0.265 e. The van der Waals surface area contributed by atoms with Crippen molar-refractivity contribution in [2.24, 2.45) is 0 Å². The van der Waals surface area contributed by atoms with Crippen LogP contribution < -0.4 is 4.31 Å². The zero-order valence-corrected chi connectivity index (χ0v) is 12.8. The van der Waals surface area contributed by atoms with Crippen molar-refractivity contribution in [2.75, 3.05) is 11.4 Å². The molecular weight excluding hydrogens is 288 g/mol. The van der Waals surface area contributed by atoms with E-state index in [1.54, 1.807) is 36.5 Å². The van der Waals surface area contributed by atoms with Crippen molar-refractivity contribution in [3.05, 3.63) is 54.2 Å². The normalized spacial score (nSPS) is 12.9. The van der Waals surface area contributed by atoms with Crippen molar-refractivity contribution in [3.8, 4) is 0 Å². The highest BCUT2D eigenvalue weighted by atomic mass is 32.2. The van der Waals surface area contributed by atoms with Crippen LogP contribution in [-0.4, -0.2) is 25.6 Å². The van der Waals surface area contributed by atoms with Gasteiger partial charge in [-0.1, -0.05) is 25.1 Å². The van der Waals surface area contributed by atoms with E-state index in [4.69, 9.17) is 0 Å². The third-order valence-electron chi connectivity index (χ3n) is 3.26. The quantitative estimate of drug-likeness (QED) is 0.920. The standard InChI is InChI=1S/C15H18N2O3S/c1-3-14(18)12-7-6-8-13(11-12)21(19,20)17(2)15-9-4-5-10-16-15/h4-11,14,18H,3H2,1-2H3. The van der Waals surface area contributed by atoms with Crippen molar-refractivity contribution in [1.29, 1.82) is 0 Å². The van der Waals surface area contributed by atoms with Crippen LogP contribution in [0.2, 0.25) is 0 Å². The predicted molar refractivity (Wildman–Crippen MR) is 81.5 cm³/mol. The summed E-state index contributed by atoms with van der Waals surface area (Å²) in [5.74, 6) is 0.346. The number of hydrogen-bond acceptors (Lipinski definition) is 4. The molecule has 0 fully saturated rings. The highest BCUT2D eigenvalue weighted by Gasteiger charge is 2.22. The summed E-state index contributed by atoms with van der Waals surface area (Å²) in [4.78, 5) is 4.18. The summed E-state index contributed by atoms with van der Waals surface area (Å²) in [6, 6.07) is 11.4. The lowest BCUT2D eigenvalue weighted by molar-refractivity contribution is 0.173. The van der Waals surface area contributed by atoms with Crippen molar-refractivity contribution in [3.63, 3.8) is 0 Å². The first-order valence-corrected chi connectivity index (χ1v) is 8.08. The van der Waals surface area contributed by atoms with Gasteiger partial charge in [-0.05, 0) is 36.2 Å². The summed E-state index contributed by atoms with van der Waals surface area (Å²) in [6.07, 6.45) is 1.40. The van der Waals surface area contributed by atoms with Crippen molar-refractivity contribution >= 4 is 15.8 Å². The van der Waals surface area contributed by atoms with Gasteiger partial charge >= 0.3 is 0 Å². The van der Waals surface area contributed by atoms with Gasteiger partial charge in [0, 0.05) is 13.2 Å². The Bertz CT molecular complexity index is 702. The van der Waals surface area contributed by atoms with E-state index in [9.17, 15) is 13.5 Å². The summed E-state index contributed by atoms with van der Waals surface area (Å²) in [5.41, 5.74) is 0.591. The molecule has 0 bridgehead atoms. The summed E-state index contributed by atoms with van der Waals surface area (Å²) >= 11 is 0. The van der Waals surface area contributed by atoms with Gasteiger partial charge in [0.2, 0.25) is 0 Å². The number of aromatic nitrogens is 1. The molecule has 1 unspecified atom stereocenters. The highest BCUT2D eigenvalue weighted by molar-refractivity contribution is 7.92. The van der Waals surface area contributed by atoms with E-state index in [2.05, 4.69) is 4.98 Å². The zero-order valence-electron chi connectivity index (χ0n) is 12.0. The maximum absolute atomic E-state index is 12.6. The van der Waals surface area contributed by atoms with Gasteiger partial charge in [-0.15, -0.1) is 0 Å². The minimum atomic E-state index is -3.70.